The lowest BCUT2D eigenvalue weighted by Gasteiger charge is -2.33. The highest BCUT2D eigenvalue weighted by molar-refractivity contribution is 5.93. The monoisotopic (exact) mass is 239 g/mol. The first-order valence-corrected chi connectivity index (χ1v) is 5.30. The molecule has 0 aliphatic rings. The van der Waals surface area contributed by atoms with Gasteiger partial charge < -0.3 is 14.4 Å². The van der Waals surface area contributed by atoms with Gasteiger partial charge in [0.25, 0.3) is 5.91 Å². The number of carbonyl (C=O) groups excluding carboxylic acids is 1. The summed E-state index contributed by atoms with van der Waals surface area (Å²) < 4.78 is 5.11. The Bertz CT molecular complexity index is 433. The van der Waals surface area contributed by atoms with Crippen molar-refractivity contribution in [3.05, 3.63) is 23.7 Å². The normalized spacial score (nSPS) is 11.3. The maximum absolute atomic E-state index is 12.1. The molecule has 1 rings (SSSR count). The van der Waals surface area contributed by atoms with Gasteiger partial charge in [0, 0.05) is 18.2 Å². The fourth-order valence-corrected chi connectivity index (χ4v) is 1.51. The Labute approximate surface area is 100 Å². The average molecular weight is 239 g/mol. The number of carboxylic acid groups (broad SMARTS) is 1. The van der Waals surface area contributed by atoms with Crippen LogP contribution < -0.4 is 0 Å². The second-order valence-electron chi connectivity index (χ2n) is 4.68. The zero-order valence-electron chi connectivity index (χ0n) is 10.5. The number of amides is 1. The minimum atomic E-state index is -0.939. The molecule has 94 valence electrons. The van der Waals surface area contributed by atoms with Crippen LogP contribution in [0.3, 0.4) is 0 Å². The molecule has 1 N–H and O–H groups in total. The van der Waals surface area contributed by atoms with Crippen molar-refractivity contribution in [2.45, 2.75) is 32.7 Å². The van der Waals surface area contributed by atoms with Gasteiger partial charge >= 0.3 is 5.97 Å². The molecule has 1 heterocycles. The van der Waals surface area contributed by atoms with Crippen LogP contribution in [0.15, 0.2) is 16.7 Å². The molecule has 17 heavy (non-hydrogen) atoms. The molecule has 0 aromatic carbocycles. The third-order valence-corrected chi connectivity index (χ3v) is 2.85. The van der Waals surface area contributed by atoms with Gasteiger partial charge in [0.1, 0.15) is 0 Å². The van der Waals surface area contributed by atoms with Crippen molar-refractivity contribution >= 4 is 11.9 Å². The van der Waals surface area contributed by atoms with Crippen molar-refractivity contribution in [2.75, 3.05) is 7.05 Å². The summed E-state index contributed by atoms with van der Waals surface area (Å²) in [6.45, 7) is 5.18. The van der Waals surface area contributed by atoms with Crippen molar-refractivity contribution in [3.63, 3.8) is 0 Å². The van der Waals surface area contributed by atoms with Crippen LogP contribution in [0.5, 0.6) is 0 Å². The second-order valence-corrected chi connectivity index (χ2v) is 4.68. The molecule has 5 nitrogen and oxygen atoms in total. The Morgan fingerprint density at radius 2 is 2.06 bits per heavy atom. The number of furan rings is 1. The van der Waals surface area contributed by atoms with Gasteiger partial charge in [-0.1, -0.05) is 0 Å². The van der Waals surface area contributed by atoms with E-state index in [1.807, 2.05) is 0 Å². The summed E-state index contributed by atoms with van der Waals surface area (Å²) in [5, 5.41) is 8.80. The number of aryl methyl sites for hydroxylation is 1. The smallest absolute Gasteiger partial charge is 0.305 e. The molecular weight excluding hydrogens is 222 g/mol. The van der Waals surface area contributed by atoms with E-state index >= 15 is 0 Å². The summed E-state index contributed by atoms with van der Waals surface area (Å²) in [6.07, 6.45) is 1.33. The number of rotatable bonds is 4. The number of carbonyl (C=O) groups is 2. The maximum Gasteiger partial charge on any atom is 0.305 e. The molecule has 1 aromatic heterocycles. The van der Waals surface area contributed by atoms with Crippen LogP contribution in [0.2, 0.25) is 0 Å². The van der Waals surface area contributed by atoms with E-state index in [1.54, 1.807) is 33.9 Å². The standard InChI is InChI=1S/C12H17NO4/c1-8-5-6-17-10(8)11(16)13(4)12(2,3)7-9(14)15/h5-6H,7H2,1-4H3,(H,14,15). The van der Waals surface area contributed by atoms with E-state index in [1.165, 1.54) is 11.2 Å². The minimum absolute atomic E-state index is 0.116. The number of aliphatic carboxylic acids is 1. The van der Waals surface area contributed by atoms with Gasteiger partial charge in [0.15, 0.2) is 5.76 Å². The molecule has 0 spiro atoms. The van der Waals surface area contributed by atoms with Crippen molar-refractivity contribution < 1.29 is 19.1 Å². The highest BCUT2D eigenvalue weighted by atomic mass is 16.4. The van der Waals surface area contributed by atoms with Crippen molar-refractivity contribution in [2.24, 2.45) is 0 Å². The number of hydrogen-bond acceptors (Lipinski definition) is 3. The second kappa shape index (κ2) is 4.61. The predicted molar refractivity (Wildman–Crippen MR) is 61.9 cm³/mol. The van der Waals surface area contributed by atoms with Crippen LogP contribution in [0.25, 0.3) is 0 Å². The van der Waals surface area contributed by atoms with Crippen LogP contribution in [0.4, 0.5) is 0 Å². The van der Waals surface area contributed by atoms with Gasteiger partial charge in [-0.2, -0.15) is 0 Å². The Kier molecular flexibility index (Phi) is 3.60. The summed E-state index contributed by atoms with van der Waals surface area (Å²) in [7, 11) is 1.58. The highest BCUT2D eigenvalue weighted by Crippen LogP contribution is 2.21. The number of hydrogen-bond donors (Lipinski definition) is 1. The van der Waals surface area contributed by atoms with Crippen LogP contribution >= 0.6 is 0 Å². The quantitative estimate of drug-likeness (QED) is 0.871. The lowest BCUT2D eigenvalue weighted by atomic mass is 9.98. The zero-order chi connectivity index (χ0) is 13.2. The summed E-state index contributed by atoms with van der Waals surface area (Å²) in [4.78, 5) is 24.2. The molecule has 0 fully saturated rings. The molecule has 0 saturated carbocycles. The van der Waals surface area contributed by atoms with E-state index in [0.29, 0.717) is 0 Å². The van der Waals surface area contributed by atoms with E-state index in [0.717, 1.165) is 5.56 Å². The van der Waals surface area contributed by atoms with E-state index in [2.05, 4.69) is 0 Å². The summed E-state index contributed by atoms with van der Waals surface area (Å²) in [6, 6.07) is 1.70. The van der Waals surface area contributed by atoms with Crippen molar-refractivity contribution in [1.29, 1.82) is 0 Å². The van der Waals surface area contributed by atoms with Gasteiger partial charge in [0.05, 0.1) is 12.7 Å². The van der Waals surface area contributed by atoms with E-state index in [9.17, 15) is 9.59 Å². The molecule has 1 aromatic rings. The maximum atomic E-state index is 12.1. The van der Waals surface area contributed by atoms with Crippen molar-refractivity contribution in [1.82, 2.24) is 4.90 Å². The number of nitrogens with zero attached hydrogens (tertiary/aromatic N) is 1. The fourth-order valence-electron chi connectivity index (χ4n) is 1.51. The third kappa shape index (κ3) is 2.87. The fraction of sp³-hybridized carbons (Fsp3) is 0.500. The van der Waals surface area contributed by atoms with Crippen LogP contribution in [-0.2, 0) is 4.79 Å². The average Bonchev–Trinajstić information content (AvgIpc) is 2.60. The van der Waals surface area contributed by atoms with Gasteiger partial charge in [-0.25, -0.2) is 0 Å². The third-order valence-electron chi connectivity index (χ3n) is 2.85. The lowest BCUT2D eigenvalue weighted by Crippen LogP contribution is -2.46. The first-order valence-electron chi connectivity index (χ1n) is 5.30. The summed E-state index contributed by atoms with van der Waals surface area (Å²) in [5.41, 5.74) is -0.0183. The molecular formula is C12H17NO4. The lowest BCUT2D eigenvalue weighted by molar-refractivity contribution is -0.139. The summed E-state index contributed by atoms with van der Waals surface area (Å²) in [5.74, 6) is -0.990. The zero-order valence-corrected chi connectivity index (χ0v) is 10.5. The predicted octanol–water partition coefficient (Wildman–Crippen LogP) is 1.91. The SMILES string of the molecule is Cc1ccoc1C(=O)N(C)C(C)(C)CC(=O)O. The largest absolute Gasteiger partial charge is 0.481 e. The Hall–Kier alpha value is -1.78. The molecule has 5 heteroatoms. The molecule has 0 radical (unpaired) electrons. The first-order chi connectivity index (χ1) is 7.75. The van der Waals surface area contributed by atoms with Gasteiger partial charge in [-0.15, -0.1) is 0 Å². The molecule has 0 saturated heterocycles. The van der Waals surface area contributed by atoms with Crippen LogP contribution in [0, 0.1) is 6.92 Å². The van der Waals surface area contributed by atoms with E-state index < -0.39 is 11.5 Å². The summed E-state index contributed by atoms with van der Waals surface area (Å²) >= 11 is 0. The number of carboxylic acids is 1. The van der Waals surface area contributed by atoms with Gasteiger partial charge in [0.2, 0.25) is 0 Å². The molecule has 0 aliphatic heterocycles. The Morgan fingerprint density at radius 3 is 2.47 bits per heavy atom. The van der Waals surface area contributed by atoms with Crippen molar-refractivity contribution in [3.8, 4) is 0 Å². The molecule has 0 aliphatic carbocycles. The van der Waals surface area contributed by atoms with Gasteiger partial charge in [-0.05, 0) is 26.8 Å². The molecule has 0 atom stereocenters. The Balaban J connectivity index is 2.90. The highest BCUT2D eigenvalue weighted by Gasteiger charge is 2.32. The topological polar surface area (TPSA) is 70.8 Å². The van der Waals surface area contributed by atoms with E-state index in [4.69, 9.17) is 9.52 Å². The molecule has 0 bridgehead atoms. The minimum Gasteiger partial charge on any atom is -0.481 e. The Morgan fingerprint density at radius 1 is 1.47 bits per heavy atom. The first kappa shape index (κ1) is 13.3. The van der Waals surface area contributed by atoms with Crippen LogP contribution in [0.1, 0.15) is 36.4 Å². The van der Waals surface area contributed by atoms with E-state index in [-0.39, 0.29) is 18.1 Å². The van der Waals surface area contributed by atoms with Gasteiger partial charge in [-0.3, -0.25) is 9.59 Å². The molecule has 0 unspecified atom stereocenters. The molecule has 1 amide bonds. The van der Waals surface area contributed by atoms with Crippen LogP contribution in [-0.4, -0.2) is 34.5 Å².